The van der Waals surface area contributed by atoms with Gasteiger partial charge in [0.15, 0.2) is 11.4 Å². The number of ether oxygens (including phenoxy) is 1. The summed E-state index contributed by atoms with van der Waals surface area (Å²) in [5, 5.41) is 38.8. The summed E-state index contributed by atoms with van der Waals surface area (Å²) < 4.78 is 26.8. The van der Waals surface area contributed by atoms with Crippen LogP contribution >= 0.6 is 0 Å². The number of phenols is 1. The number of aromatic hydroxyl groups is 1. The number of carbonyl (C=O) groups excluding carboxylic acids is 3. The van der Waals surface area contributed by atoms with E-state index in [9.17, 15) is 29.7 Å². The predicted molar refractivity (Wildman–Crippen MR) is 156 cm³/mol. The van der Waals surface area contributed by atoms with E-state index in [0.29, 0.717) is 13.1 Å². The van der Waals surface area contributed by atoms with Crippen LogP contribution in [0.4, 0.5) is 4.39 Å². The highest BCUT2D eigenvalue weighted by atomic mass is 19.1. The van der Waals surface area contributed by atoms with Crippen molar-refractivity contribution in [2.75, 3.05) is 27.2 Å². The summed E-state index contributed by atoms with van der Waals surface area (Å²) in [7, 11) is 3.43. The molecule has 1 saturated carbocycles. The topological polar surface area (TPSA) is 154 Å². The molecule has 2 heterocycles. The molecule has 1 aromatic heterocycles. The second-order valence-corrected chi connectivity index (χ2v) is 12.5. The van der Waals surface area contributed by atoms with Crippen molar-refractivity contribution >= 4 is 23.2 Å². The standard InChI is InChI=1S/C33H32FN3O8/c1-36(2)25-19-13-17-12-18-14-20(34)23(32(42)37-10-6-7-11-37)27(39)21(18)26(38)22(17)29(40)33(19,43)30(41)24-28(25)45-35-31(24)44-15-16-8-4-3-5-9-16/h3-5,8-9,14,17,19,25,38-39,43H,6-7,10-13,15H2,1-2H3/t17-,19-,25-,33-/m0/s1. The molecular weight excluding hydrogens is 585 g/mol. The molecule has 3 aromatic rings. The fourth-order valence-corrected chi connectivity index (χ4v) is 7.55. The first-order chi connectivity index (χ1) is 21.5. The molecule has 4 atom stereocenters. The van der Waals surface area contributed by atoms with E-state index in [-0.39, 0.29) is 53.4 Å². The van der Waals surface area contributed by atoms with Crippen molar-refractivity contribution in [2.24, 2.45) is 11.8 Å². The minimum Gasteiger partial charge on any atom is -0.507 e. The van der Waals surface area contributed by atoms with Crippen LogP contribution in [0.5, 0.6) is 11.6 Å². The maximum Gasteiger partial charge on any atom is 0.265 e. The number of hydrogen-bond donors (Lipinski definition) is 3. The van der Waals surface area contributed by atoms with Gasteiger partial charge in [0.25, 0.3) is 11.8 Å². The first-order valence-electron chi connectivity index (χ1n) is 15.0. The molecule has 2 aromatic carbocycles. The Hall–Kier alpha value is -4.55. The zero-order valence-corrected chi connectivity index (χ0v) is 24.7. The van der Waals surface area contributed by atoms with E-state index < -0.39 is 63.8 Å². The fourth-order valence-electron chi connectivity index (χ4n) is 7.55. The number of Topliss-reactive ketones (excluding diaryl/α,β-unsaturated/α-hetero) is 2. The van der Waals surface area contributed by atoms with Crippen molar-refractivity contribution in [1.82, 2.24) is 15.0 Å². The first-order valence-corrected chi connectivity index (χ1v) is 15.0. The summed E-state index contributed by atoms with van der Waals surface area (Å²) >= 11 is 0. The van der Waals surface area contributed by atoms with E-state index in [4.69, 9.17) is 9.26 Å². The number of nitrogens with zero attached hydrogens (tertiary/aromatic N) is 3. The molecule has 234 valence electrons. The highest BCUT2D eigenvalue weighted by Gasteiger charge is 2.65. The number of ketones is 2. The lowest BCUT2D eigenvalue weighted by molar-refractivity contribution is -0.142. The van der Waals surface area contributed by atoms with Gasteiger partial charge in [0.1, 0.15) is 35.1 Å². The van der Waals surface area contributed by atoms with Crippen molar-refractivity contribution in [3.63, 3.8) is 0 Å². The van der Waals surface area contributed by atoms with Gasteiger partial charge in [-0.25, -0.2) is 4.39 Å². The third kappa shape index (κ3) is 4.22. The largest absolute Gasteiger partial charge is 0.507 e. The molecule has 1 aliphatic heterocycles. The third-order valence-corrected chi connectivity index (χ3v) is 9.66. The number of benzene rings is 2. The van der Waals surface area contributed by atoms with Gasteiger partial charge in [-0.2, -0.15) is 0 Å². The lowest BCUT2D eigenvalue weighted by atomic mass is 9.57. The van der Waals surface area contributed by atoms with Crippen LogP contribution in [0, 0.1) is 17.7 Å². The molecule has 1 amide bonds. The molecule has 0 spiro atoms. The number of hydrogen-bond acceptors (Lipinski definition) is 10. The maximum absolute atomic E-state index is 15.4. The second kappa shape index (κ2) is 10.5. The molecule has 7 rings (SSSR count). The van der Waals surface area contributed by atoms with Crippen LogP contribution < -0.4 is 4.74 Å². The number of rotatable bonds is 5. The summed E-state index contributed by atoms with van der Waals surface area (Å²) in [5.41, 5.74) is -2.85. The van der Waals surface area contributed by atoms with Gasteiger partial charge in [-0.15, -0.1) is 0 Å². The Balaban J connectivity index is 1.31. The van der Waals surface area contributed by atoms with E-state index in [1.54, 1.807) is 19.0 Å². The first kappa shape index (κ1) is 29.2. The Morgan fingerprint density at radius 3 is 2.53 bits per heavy atom. The average molecular weight is 618 g/mol. The van der Waals surface area contributed by atoms with Crippen LogP contribution in [-0.2, 0) is 17.8 Å². The fraction of sp³-hybridized carbons (Fsp3) is 0.394. The highest BCUT2D eigenvalue weighted by molar-refractivity contribution is 6.26. The van der Waals surface area contributed by atoms with Gasteiger partial charge in [0.2, 0.25) is 11.6 Å². The van der Waals surface area contributed by atoms with Crippen LogP contribution in [0.2, 0.25) is 0 Å². The van der Waals surface area contributed by atoms with Crippen molar-refractivity contribution in [3.8, 4) is 11.6 Å². The molecule has 4 aliphatic rings. The SMILES string of the molecule is CN(C)[C@@H]1c2onc(OCc3ccccc3)c2C(=O)[C@@]2(O)C(=O)C3=C(O)c4c(cc(F)c(C(=O)N5CCCC5)c4O)C[C@H]3C[C@@H]12. The number of aliphatic hydroxyl groups excluding tert-OH is 1. The van der Waals surface area contributed by atoms with Crippen molar-refractivity contribution in [3.05, 3.63) is 81.4 Å². The van der Waals surface area contributed by atoms with Gasteiger partial charge in [0.05, 0.1) is 11.6 Å². The number of fused-ring (bicyclic) bond motifs is 4. The Morgan fingerprint density at radius 1 is 1.13 bits per heavy atom. The van der Waals surface area contributed by atoms with E-state index in [0.717, 1.165) is 24.5 Å². The molecule has 0 radical (unpaired) electrons. The van der Waals surface area contributed by atoms with Crippen molar-refractivity contribution in [2.45, 2.75) is 43.9 Å². The Bertz CT molecular complexity index is 1780. The van der Waals surface area contributed by atoms with Gasteiger partial charge in [-0.05, 0) is 68.0 Å². The summed E-state index contributed by atoms with van der Waals surface area (Å²) in [6, 6.07) is 9.49. The number of aromatic nitrogens is 1. The minimum atomic E-state index is -2.63. The quantitative estimate of drug-likeness (QED) is 0.362. The van der Waals surface area contributed by atoms with Crippen LogP contribution in [-0.4, -0.2) is 80.5 Å². The summed E-state index contributed by atoms with van der Waals surface area (Å²) in [4.78, 5) is 44.7. The number of phenolic OH excluding ortho intramolecular Hbond substituents is 1. The molecule has 11 nitrogen and oxygen atoms in total. The molecule has 0 bridgehead atoms. The Morgan fingerprint density at radius 2 is 1.84 bits per heavy atom. The molecule has 3 aliphatic carbocycles. The maximum atomic E-state index is 15.4. The Labute approximate surface area is 257 Å². The minimum absolute atomic E-state index is 0.0265. The van der Waals surface area contributed by atoms with Gasteiger partial charge in [-0.3, -0.25) is 19.3 Å². The number of carbonyl (C=O) groups is 3. The van der Waals surface area contributed by atoms with E-state index in [2.05, 4.69) is 5.16 Å². The number of halogens is 1. The zero-order valence-electron chi connectivity index (χ0n) is 24.7. The molecule has 12 heteroatoms. The average Bonchev–Trinajstić information content (AvgIpc) is 3.69. The lowest BCUT2D eigenvalue weighted by Crippen LogP contribution is -2.63. The smallest absolute Gasteiger partial charge is 0.265 e. The number of aliphatic hydroxyl groups is 2. The number of likely N-dealkylation sites (tertiary alicyclic amines) is 1. The zero-order chi connectivity index (χ0) is 31.8. The monoisotopic (exact) mass is 617 g/mol. The Kier molecular flexibility index (Phi) is 6.82. The predicted octanol–water partition coefficient (Wildman–Crippen LogP) is 3.60. The van der Waals surface area contributed by atoms with Gasteiger partial charge < -0.3 is 29.5 Å². The van der Waals surface area contributed by atoms with E-state index in [1.165, 1.54) is 4.90 Å². The molecule has 0 unspecified atom stereocenters. The molecule has 2 fully saturated rings. The summed E-state index contributed by atoms with van der Waals surface area (Å²) in [6.07, 6.45) is 1.57. The van der Waals surface area contributed by atoms with E-state index in [1.807, 2.05) is 30.3 Å². The molecule has 45 heavy (non-hydrogen) atoms. The van der Waals surface area contributed by atoms with Gasteiger partial charge in [-0.1, -0.05) is 30.3 Å². The van der Waals surface area contributed by atoms with Crippen molar-refractivity contribution < 1.29 is 43.4 Å². The third-order valence-electron chi connectivity index (χ3n) is 9.66. The van der Waals surface area contributed by atoms with Gasteiger partial charge >= 0.3 is 0 Å². The highest BCUT2D eigenvalue weighted by Crippen LogP contribution is 2.56. The molecule has 1 saturated heterocycles. The van der Waals surface area contributed by atoms with Crippen molar-refractivity contribution in [1.29, 1.82) is 0 Å². The normalized spacial score (nSPS) is 25.6. The molecular formula is C33H32FN3O8. The van der Waals surface area contributed by atoms with Crippen LogP contribution in [0.3, 0.4) is 0 Å². The second-order valence-electron chi connectivity index (χ2n) is 12.5. The van der Waals surface area contributed by atoms with Crippen LogP contribution in [0.1, 0.15) is 68.5 Å². The lowest BCUT2D eigenvalue weighted by Gasteiger charge is -2.49. The van der Waals surface area contributed by atoms with E-state index >= 15 is 4.39 Å². The molecule has 3 N–H and O–H groups in total. The van der Waals surface area contributed by atoms with Gasteiger partial charge in [0, 0.05) is 24.6 Å². The summed E-state index contributed by atoms with van der Waals surface area (Å²) in [6.45, 7) is 0.871. The van der Waals surface area contributed by atoms with Crippen LogP contribution in [0.15, 0.2) is 46.5 Å². The van der Waals surface area contributed by atoms with Crippen LogP contribution in [0.25, 0.3) is 5.76 Å². The summed E-state index contributed by atoms with van der Waals surface area (Å²) in [5.74, 6) is -6.83. The number of amides is 1.